The van der Waals surface area contributed by atoms with Crippen LogP contribution in [0.5, 0.6) is 5.75 Å². The van der Waals surface area contributed by atoms with Crippen LogP contribution in [0.4, 0.5) is 0 Å². The lowest BCUT2D eigenvalue weighted by Gasteiger charge is -2.12. The second-order valence-corrected chi connectivity index (χ2v) is 7.90. The first-order valence-electron chi connectivity index (χ1n) is 9.88. The van der Waals surface area contributed by atoms with E-state index in [9.17, 15) is 9.90 Å². The topological polar surface area (TPSA) is 37.3 Å². The molecule has 140 valence electrons. The molecule has 0 bridgehead atoms. The number of carbonyl (C=O) groups is 1. The van der Waals surface area contributed by atoms with Crippen LogP contribution >= 0.6 is 0 Å². The van der Waals surface area contributed by atoms with Crippen molar-refractivity contribution in [1.82, 2.24) is 0 Å². The molecular weight excluding hydrogens is 320 g/mol. The van der Waals surface area contributed by atoms with Crippen LogP contribution in [0.2, 0.25) is 0 Å². The predicted molar refractivity (Wildman–Crippen MR) is 109 cm³/mol. The number of benzene rings is 2. The third-order valence-corrected chi connectivity index (χ3v) is 4.96. The Morgan fingerprint density at radius 1 is 0.885 bits per heavy atom. The van der Waals surface area contributed by atoms with Crippen LogP contribution in [0.3, 0.4) is 0 Å². The summed E-state index contributed by atoms with van der Waals surface area (Å²) in [6, 6.07) is 14.4. The van der Waals surface area contributed by atoms with Crippen molar-refractivity contribution in [2.75, 3.05) is 0 Å². The van der Waals surface area contributed by atoms with Gasteiger partial charge in [0.15, 0.2) is 5.78 Å². The van der Waals surface area contributed by atoms with Gasteiger partial charge < -0.3 is 5.11 Å². The number of phenols is 1. The van der Waals surface area contributed by atoms with E-state index in [2.05, 4.69) is 26.8 Å². The van der Waals surface area contributed by atoms with Crippen LogP contribution in [0.15, 0.2) is 48.5 Å². The summed E-state index contributed by atoms with van der Waals surface area (Å²) in [6.07, 6.45) is 7.40. The summed E-state index contributed by atoms with van der Waals surface area (Å²) in [4.78, 5) is 12.6. The molecule has 2 nitrogen and oxygen atoms in total. The van der Waals surface area contributed by atoms with Crippen LogP contribution in [-0.4, -0.2) is 10.9 Å². The lowest BCUT2D eigenvalue weighted by atomic mass is 9.94. The van der Waals surface area contributed by atoms with E-state index in [1.807, 2.05) is 18.2 Å². The molecule has 2 aromatic carbocycles. The highest BCUT2D eigenvalue weighted by molar-refractivity contribution is 6.09. The Labute approximate surface area is 158 Å². The molecule has 0 aliphatic heterocycles. The van der Waals surface area contributed by atoms with E-state index in [1.165, 1.54) is 37.7 Å². The average molecular weight is 353 g/mol. The van der Waals surface area contributed by atoms with E-state index in [0.29, 0.717) is 5.56 Å². The van der Waals surface area contributed by atoms with Crippen molar-refractivity contribution in [3.63, 3.8) is 0 Å². The zero-order chi connectivity index (χ0) is 18.9. The van der Waals surface area contributed by atoms with Crippen molar-refractivity contribution in [2.24, 2.45) is 11.8 Å². The van der Waals surface area contributed by atoms with Crippen LogP contribution in [0.1, 0.15) is 74.4 Å². The van der Waals surface area contributed by atoms with E-state index in [1.54, 1.807) is 24.3 Å². The first kappa shape index (κ1) is 20.2. The Balaban J connectivity index is 1.85. The quantitative estimate of drug-likeness (QED) is 0.502. The maximum atomic E-state index is 12.6. The Morgan fingerprint density at radius 3 is 2.27 bits per heavy atom. The molecule has 0 saturated carbocycles. The fourth-order valence-corrected chi connectivity index (χ4v) is 3.32. The number of carbonyl (C=O) groups excluding carboxylic acids is 1. The zero-order valence-electron chi connectivity index (χ0n) is 16.4. The zero-order valence-corrected chi connectivity index (χ0v) is 16.4. The third kappa shape index (κ3) is 6.67. The fourth-order valence-electron chi connectivity index (χ4n) is 3.32. The van der Waals surface area contributed by atoms with Crippen molar-refractivity contribution < 1.29 is 9.90 Å². The lowest BCUT2D eigenvalue weighted by molar-refractivity contribution is 0.103. The molecule has 0 amide bonds. The van der Waals surface area contributed by atoms with Crippen LogP contribution in [0, 0.1) is 11.8 Å². The lowest BCUT2D eigenvalue weighted by Crippen LogP contribution is -2.02. The molecule has 1 atom stereocenters. The molecule has 0 radical (unpaired) electrons. The van der Waals surface area contributed by atoms with Gasteiger partial charge in [0, 0.05) is 11.1 Å². The van der Waals surface area contributed by atoms with Crippen molar-refractivity contribution in [3.8, 4) is 5.75 Å². The van der Waals surface area contributed by atoms with E-state index in [4.69, 9.17) is 0 Å². The molecule has 0 aliphatic rings. The van der Waals surface area contributed by atoms with Crippen molar-refractivity contribution in [2.45, 2.75) is 59.3 Å². The van der Waals surface area contributed by atoms with Crippen LogP contribution in [-0.2, 0) is 6.42 Å². The minimum Gasteiger partial charge on any atom is -0.508 e. The van der Waals surface area contributed by atoms with E-state index < -0.39 is 0 Å². The number of aryl methyl sites for hydroxylation is 1. The Bertz CT molecular complexity index is 686. The Morgan fingerprint density at radius 2 is 1.58 bits per heavy atom. The van der Waals surface area contributed by atoms with Gasteiger partial charge >= 0.3 is 0 Å². The first-order valence-corrected chi connectivity index (χ1v) is 9.88. The minimum atomic E-state index is 0.00824. The molecule has 2 heteroatoms. The standard InChI is InChI=1S/C24H32O2/c1-18(2)7-4-8-19(3)9-5-10-20-11-6-12-22(17-20)24(26)21-13-15-23(25)16-14-21/h6,11-19,25H,4-5,7-10H2,1-3H3/t19-/m1/s1. The molecule has 0 aliphatic carbocycles. The second kappa shape index (κ2) is 10.2. The summed E-state index contributed by atoms with van der Waals surface area (Å²) in [5.41, 5.74) is 2.56. The summed E-state index contributed by atoms with van der Waals surface area (Å²) >= 11 is 0. The Kier molecular flexibility index (Phi) is 7.90. The molecule has 1 N–H and O–H groups in total. The summed E-state index contributed by atoms with van der Waals surface area (Å²) < 4.78 is 0. The second-order valence-electron chi connectivity index (χ2n) is 7.90. The number of rotatable bonds is 10. The number of aromatic hydroxyl groups is 1. The van der Waals surface area contributed by atoms with E-state index in [0.717, 1.165) is 23.8 Å². The maximum Gasteiger partial charge on any atom is 0.193 e. The van der Waals surface area contributed by atoms with Gasteiger partial charge in [-0.3, -0.25) is 4.79 Å². The number of hydrogen-bond acceptors (Lipinski definition) is 2. The van der Waals surface area contributed by atoms with Gasteiger partial charge in [-0.25, -0.2) is 0 Å². The molecule has 0 spiro atoms. The average Bonchev–Trinajstić information content (AvgIpc) is 2.62. The van der Waals surface area contributed by atoms with Crippen molar-refractivity contribution in [3.05, 3.63) is 65.2 Å². The molecule has 2 aromatic rings. The highest BCUT2D eigenvalue weighted by Gasteiger charge is 2.10. The van der Waals surface area contributed by atoms with E-state index >= 15 is 0 Å². The summed E-state index contributed by atoms with van der Waals surface area (Å²) in [7, 11) is 0. The molecule has 26 heavy (non-hydrogen) atoms. The summed E-state index contributed by atoms with van der Waals surface area (Å²) in [5.74, 6) is 1.76. The molecule has 2 rings (SSSR count). The predicted octanol–water partition coefficient (Wildman–Crippen LogP) is 6.41. The highest BCUT2D eigenvalue weighted by Crippen LogP contribution is 2.19. The van der Waals surface area contributed by atoms with Crippen LogP contribution < -0.4 is 0 Å². The molecule has 0 aromatic heterocycles. The number of phenolic OH excluding ortho intramolecular Hbond substituents is 1. The first-order chi connectivity index (χ1) is 12.5. The van der Waals surface area contributed by atoms with E-state index in [-0.39, 0.29) is 11.5 Å². The van der Waals surface area contributed by atoms with Gasteiger partial charge in [-0.05, 0) is 60.6 Å². The van der Waals surface area contributed by atoms with Gasteiger partial charge in [0.1, 0.15) is 5.75 Å². The van der Waals surface area contributed by atoms with Crippen molar-refractivity contribution in [1.29, 1.82) is 0 Å². The molecule has 0 fully saturated rings. The fraction of sp³-hybridized carbons (Fsp3) is 0.458. The summed E-state index contributed by atoms with van der Waals surface area (Å²) in [5, 5.41) is 9.36. The van der Waals surface area contributed by atoms with Crippen LogP contribution in [0.25, 0.3) is 0 Å². The number of ketones is 1. The monoisotopic (exact) mass is 352 g/mol. The van der Waals surface area contributed by atoms with Gasteiger partial charge in [-0.1, -0.05) is 64.7 Å². The van der Waals surface area contributed by atoms with Gasteiger partial charge in [0.05, 0.1) is 0 Å². The van der Waals surface area contributed by atoms with Gasteiger partial charge in [0.25, 0.3) is 0 Å². The number of hydrogen-bond donors (Lipinski definition) is 1. The largest absolute Gasteiger partial charge is 0.508 e. The maximum absolute atomic E-state index is 12.6. The van der Waals surface area contributed by atoms with Gasteiger partial charge in [0.2, 0.25) is 0 Å². The highest BCUT2D eigenvalue weighted by atomic mass is 16.3. The molecular formula is C24H32O2. The minimum absolute atomic E-state index is 0.00824. The molecule has 0 heterocycles. The SMILES string of the molecule is CC(C)CCC[C@@H](C)CCCc1cccc(C(=O)c2ccc(O)cc2)c1. The molecule has 0 unspecified atom stereocenters. The van der Waals surface area contributed by atoms with Gasteiger partial charge in [-0.15, -0.1) is 0 Å². The van der Waals surface area contributed by atoms with Crippen molar-refractivity contribution >= 4 is 5.78 Å². The summed E-state index contributed by atoms with van der Waals surface area (Å²) in [6.45, 7) is 6.93. The van der Waals surface area contributed by atoms with Gasteiger partial charge in [-0.2, -0.15) is 0 Å². The third-order valence-electron chi connectivity index (χ3n) is 4.96. The molecule has 0 saturated heterocycles. The Hall–Kier alpha value is -2.09. The normalized spacial score (nSPS) is 12.3. The smallest absolute Gasteiger partial charge is 0.193 e.